The summed E-state index contributed by atoms with van der Waals surface area (Å²) in [7, 11) is 0. The van der Waals surface area contributed by atoms with Gasteiger partial charge in [0, 0.05) is 5.69 Å². The molecule has 0 amide bonds. The van der Waals surface area contributed by atoms with Crippen LogP contribution in [0.3, 0.4) is 0 Å². The van der Waals surface area contributed by atoms with E-state index in [9.17, 15) is 0 Å². The molecule has 0 aliphatic heterocycles. The smallest absolute Gasteiger partial charge is 0.163 e. The molecule has 0 bridgehead atoms. The third-order valence-corrected chi connectivity index (χ3v) is 4.03. The van der Waals surface area contributed by atoms with Gasteiger partial charge < -0.3 is 10.1 Å². The molecule has 3 rings (SSSR count). The van der Waals surface area contributed by atoms with Crippen LogP contribution in [0.15, 0.2) is 71.9 Å². The van der Waals surface area contributed by atoms with E-state index in [2.05, 4.69) is 5.32 Å². The molecule has 0 unspecified atom stereocenters. The highest BCUT2D eigenvalue weighted by Gasteiger charge is 2.09. The molecule has 0 aromatic heterocycles. The Labute approximate surface area is 160 Å². The van der Waals surface area contributed by atoms with E-state index in [1.807, 2.05) is 42.5 Å². The number of halogens is 1. The van der Waals surface area contributed by atoms with E-state index in [0.717, 1.165) is 10.8 Å². The molecule has 0 aliphatic rings. The van der Waals surface area contributed by atoms with Crippen molar-refractivity contribution in [3.05, 3.63) is 77.0 Å². The number of hydrogen-bond acceptors (Lipinski definition) is 5. The van der Waals surface area contributed by atoms with Crippen molar-refractivity contribution in [2.45, 2.75) is 0 Å². The fraction of sp³-hybridized carbons (Fsp3) is 0. The van der Waals surface area contributed by atoms with Crippen molar-refractivity contribution in [2.24, 2.45) is 0 Å². The predicted molar refractivity (Wildman–Crippen MR) is 103 cm³/mol. The number of anilines is 1. The highest BCUT2D eigenvalue weighted by molar-refractivity contribution is 6.32. The second kappa shape index (κ2) is 7.93. The molecule has 0 saturated carbocycles. The van der Waals surface area contributed by atoms with Gasteiger partial charge in [-0.3, -0.25) is 0 Å². The van der Waals surface area contributed by atoms with E-state index in [4.69, 9.17) is 32.1 Å². The molecule has 1 N–H and O–H groups in total. The van der Waals surface area contributed by atoms with Gasteiger partial charge in [-0.05, 0) is 41.1 Å². The molecule has 3 aromatic carbocycles. The highest BCUT2D eigenvalue weighted by atomic mass is 35.5. The summed E-state index contributed by atoms with van der Waals surface area (Å²) >= 11 is 6.28. The first-order valence-electron chi connectivity index (χ1n) is 7.82. The summed E-state index contributed by atoms with van der Waals surface area (Å²) in [5, 5.41) is 32.0. The zero-order chi connectivity index (χ0) is 19.2. The zero-order valence-corrected chi connectivity index (χ0v) is 14.7. The molecule has 0 fully saturated rings. The summed E-state index contributed by atoms with van der Waals surface area (Å²) in [5.74, 6) is 1.09. The van der Waals surface area contributed by atoms with Crippen LogP contribution in [0.5, 0.6) is 11.5 Å². The highest BCUT2D eigenvalue weighted by Crippen LogP contribution is 2.33. The Hall–Kier alpha value is -3.98. The van der Waals surface area contributed by atoms with Crippen molar-refractivity contribution in [1.82, 2.24) is 0 Å². The van der Waals surface area contributed by atoms with Gasteiger partial charge in [-0.2, -0.15) is 15.8 Å². The Morgan fingerprint density at radius 1 is 0.852 bits per heavy atom. The molecule has 5 nitrogen and oxygen atoms in total. The van der Waals surface area contributed by atoms with Gasteiger partial charge in [-0.15, -0.1) is 0 Å². The molecule has 0 heterocycles. The summed E-state index contributed by atoms with van der Waals surface area (Å²) < 4.78 is 5.85. The quantitative estimate of drug-likeness (QED) is 0.610. The summed E-state index contributed by atoms with van der Waals surface area (Å²) in [6, 6.07) is 23.7. The number of hydrogen-bond donors (Lipinski definition) is 1. The van der Waals surface area contributed by atoms with E-state index < -0.39 is 0 Å². The third-order valence-electron chi connectivity index (χ3n) is 3.74. The number of rotatable bonds is 4. The molecule has 0 spiro atoms. The van der Waals surface area contributed by atoms with Crippen LogP contribution in [0.25, 0.3) is 10.8 Å². The second-order valence-electron chi connectivity index (χ2n) is 5.47. The Balaban J connectivity index is 1.84. The van der Waals surface area contributed by atoms with Gasteiger partial charge >= 0.3 is 0 Å². The lowest BCUT2D eigenvalue weighted by Gasteiger charge is -2.11. The number of allylic oxidation sites excluding steroid dienone is 2. The van der Waals surface area contributed by atoms with Crippen LogP contribution in [-0.4, -0.2) is 0 Å². The Kier molecular flexibility index (Phi) is 5.24. The molecule has 27 heavy (non-hydrogen) atoms. The first-order valence-corrected chi connectivity index (χ1v) is 8.20. The summed E-state index contributed by atoms with van der Waals surface area (Å²) in [6.45, 7) is 0. The Bertz CT molecular complexity index is 1160. The van der Waals surface area contributed by atoms with Gasteiger partial charge in [-0.1, -0.05) is 41.9 Å². The maximum atomic E-state index is 9.09. The maximum Gasteiger partial charge on any atom is 0.163 e. The summed E-state index contributed by atoms with van der Waals surface area (Å²) in [6.07, 6.45) is 0. The van der Waals surface area contributed by atoms with Gasteiger partial charge in [0.25, 0.3) is 0 Å². The second-order valence-corrected chi connectivity index (χ2v) is 5.87. The van der Waals surface area contributed by atoms with Crippen LogP contribution in [0, 0.1) is 34.0 Å². The monoisotopic (exact) mass is 370 g/mol. The van der Waals surface area contributed by atoms with Crippen molar-refractivity contribution in [1.29, 1.82) is 15.8 Å². The van der Waals surface area contributed by atoms with E-state index in [-0.39, 0.29) is 11.3 Å². The third kappa shape index (κ3) is 3.99. The lowest BCUT2D eigenvalue weighted by Crippen LogP contribution is -2.00. The largest absolute Gasteiger partial charge is 0.456 e. The molecule has 0 aliphatic carbocycles. The molecular weight excluding hydrogens is 360 g/mol. The van der Waals surface area contributed by atoms with E-state index in [0.29, 0.717) is 22.2 Å². The van der Waals surface area contributed by atoms with E-state index in [1.165, 1.54) is 0 Å². The van der Waals surface area contributed by atoms with Crippen LogP contribution in [-0.2, 0) is 0 Å². The van der Waals surface area contributed by atoms with Crippen LogP contribution < -0.4 is 10.1 Å². The van der Waals surface area contributed by atoms with Crippen molar-refractivity contribution < 1.29 is 4.74 Å². The molecule has 6 heteroatoms. The maximum absolute atomic E-state index is 9.09. The molecule has 128 valence electrons. The number of nitriles is 3. The summed E-state index contributed by atoms with van der Waals surface area (Å²) in [5.41, 5.74) is 0.0230. The Morgan fingerprint density at radius 3 is 2.26 bits per heavy atom. The van der Waals surface area contributed by atoms with Crippen molar-refractivity contribution in [2.75, 3.05) is 5.32 Å². The minimum absolute atomic E-state index is 0.140. The number of nitrogens with zero attached hydrogens (tertiary/aromatic N) is 3. The first kappa shape index (κ1) is 17.8. The molecule has 0 atom stereocenters. The SMILES string of the molecule is N#CC(C#N)=C(C#N)Nc1ccc(Oc2ccc3ccccc3c2)c(Cl)c1. The lowest BCUT2D eigenvalue weighted by molar-refractivity contribution is 0.484. The number of fused-ring (bicyclic) bond motifs is 1. The minimum Gasteiger partial charge on any atom is -0.456 e. The van der Waals surface area contributed by atoms with Crippen molar-refractivity contribution in [3.63, 3.8) is 0 Å². The molecular formula is C21H11ClN4O. The minimum atomic E-state index is -0.301. The van der Waals surface area contributed by atoms with Crippen molar-refractivity contribution in [3.8, 4) is 29.7 Å². The van der Waals surface area contributed by atoms with Gasteiger partial charge in [0.05, 0.1) is 5.02 Å². The topological polar surface area (TPSA) is 92.6 Å². The van der Waals surface area contributed by atoms with Gasteiger partial charge in [0.15, 0.2) is 5.57 Å². The lowest BCUT2D eigenvalue weighted by atomic mass is 10.1. The fourth-order valence-corrected chi connectivity index (χ4v) is 2.67. The van der Waals surface area contributed by atoms with Crippen LogP contribution >= 0.6 is 11.6 Å². The number of nitrogens with one attached hydrogen (secondary N) is 1. The normalized spacial score (nSPS) is 9.56. The average molecular weight is 371 g/mol. The number of ether oxygens (including phenoxy) is 1. The van der Waals surface area contributed by atoms with Gasteiger partial charge in [0.1, 0.15) is 35.4 Å². The van der Waals surface area contributed by atoms with Crippen molar-refractivity contribution >= 4 is 28.1 Å². The zero-order valence-electron chi connectivity index (χ0n) is 13.9. The van der Waals surface area contributed by atoms with Crippen LogP contribution in [0.1, 0.15) is 0 Å². The molecule has 3 aromatic rings. The van der Waals surface area contributed by atoms with Crippen LogP contribution in [0.2, 0.25) is 5.02 Å². The standard InChI is InChI=1S/C21H11ClN4O/c22-19-10-17(26-20(13-25)16(11-23)12-24)6-8-21(19)27-18-7-5-14-3-1-2-4-15(14)9-18/h1-10,26H. The fourth-order valence-electron chi connectivity index (χ4n) is 2.45. The molecule has 0 saturated heterocycles. The van der Waals surface area contributed by atoms with Crippen LogP contribution in [0.4, 0.5) is 5.69 Å². The van der Waals surface area contributed by atoms with Gasteiger partial charge in [-0.25, -0.2) is 0 Å². The van der Waals surface area contributed by atoms with E-state index in [1.54, 1.807) is 36.4 Å². The van der Waals surface area contributed by atoms with Gasteiger partial charge in [0.2, 0.25) is 0 Å². The average Bonchev–Trinajstić information content (AvgIpc) is 2.70. The predicted octanol–water partition coefficient (Wildman–Crippen LogP) is 5.52. The van der Waals surface area contributed by atoms with E-state index >= 15 is 0 Å². The summed E-state index contributed by atoms with van der Waals surface area (Å²) in [4.78, 5) is 0. The number of benzene rings is 3. The first-order chi connectivity index (χ1) is 13.1. The Morgan fingerprint density at radius 2 is 1.59 bits per heavy atom. The molecule has 0 radical (unpaired) electrons.